The third-order valence-corrected chi connectivity index (χ3v) is 3.80. The molecule has 2 rings (SSSR count). The van der Waals surface area contributed by atoms with Gasteiger partial charge in [0, 0.05) is 11.1 Å². The third-order valence-electron chi connectivity index (χ3n) is 3.80. The van der Waals surface area contributed by atoms with Crippen molar-refractivity contribution in [1.29, 1.82) is 0 Å². The van der Waals surface area contributed by atoms with Gasteiger partial charge in [-0.25, -0.2) is 4.39 Å². The molecule has 0 spiro atoms. The van der Waals surface area contributed by atoms with Gasteiger partial charge in [0.15, 0.2) is 0 Å². The standard InChI is InChI=1S/C20H24FO/c1-19(2,3)16-11-14(13-8-7-9-15(21)10-13)12-17(18(16)22)20(4,5)6/h7,9-12,22H,1-6H3. The molecule has 1 nitrogen and oxygen atoms in total. The summed E-state index contributed by atoms with van der Waals surface area (Å²) in [5.41, 5.74) is 2.92. The zero-order valence-electron chi connectivity index (χ0n) is 14.2. The summed E-state index contributed by atoms with van der Waals surface area (Å²) in [7, 11) is 0. The Labute approximate surface area is 132 Å². The Morgan fingerprint density at radius 1 is 0.909 bits per heavy atom. The molecule has 2 aromatic carbocycles. The van der Waals surface area contributed by atoms with Crippen molar-refractivity contribution in [2.45, 2.75) is 52.4 Å². The third kappa shape index (κ3) is 3.32. The van der Waals surface area contributed by atoms with Crippen LogP contribution in [-0.4, -0.2) is 5.11 Å². The van der Waals surface area contributed by atoms with E-state index in [0.717, 1.165) is 16.7 Å². The first-order valence-corrected chi connectivity index (χ1v) is 7.56. The molecular weight excluding hydrogens is 275 g/mol. The largest absolute Gasteiger partial charge is 0.507 e. The van der Waals surface area contributed by atoms with E-state index >= 15 is 0 Å². The molecule has 22 heavy (non-hydrogen) atoms. The van der Waals surface area contributed by atoms with Crippen molar-refractivity contribution >= 4 is 0 Å². The Bertz CT molecular complexity index is 653. The van der Waals surface area contributed by atoms with Gasteiger partial charge in [-0.15, -0.1) is 0 Å². The van der Waals surface area contributed by atoms with Gasteiger partial charge in [0.2, 0.25) is 0 Å². The summed E-state index contributed by atoms with van der Waals surface area (Å²) >= 11 is 0. The molecule has 0 atom stereocenters. The van der Waals surface area contributed by atoms with E-state index in [1.54, 1.807) is 6.07 Å². The fourth-order valence-corrected chi connectivity index (χ4v) is 2.54. The minimum Gasteiger partial charge on any atom is -0.507 e. The lowest BCUT2D eigenvalue weighted by Gasteiger charge is -2.28. The summed E-state index contributed by atoms with van der Waals surface area (Å²) in [5.74, 6) is 0.0524. The van der Waals surface area contributed by atoms with E-state index in [0.29, 0.717) is 11.3 Å². The zero-order chi connectivity index (χ0) is 16.7. The number of hydrogen-bond acceptors (Lipinski definition) is 1. The van der Waals surface area contributed by atoms with Gasteiger partial charge in [-0.05, 0) is 52.3 Å². The lowest BCUT2D eigenvalue weighted by atomic mass is 9.78. The van der Waals surface area contributed by atoms with Crippen molar-refractivity contribution in [3.8, 4) is 16.9 Å². The molecular formula is C20H24FO. The number of hydrogen-bond donors (Lipinski definition) is 1. The van der Waals surface area contributed by atoms with Crippen LogP contribution in [0.3, 0.4) is 0 Å². The van der Waals surface area contributed by atoms with Gasteiger partial charge in [0.05, 0.1) is 0 Å². The fourth-order valence-electron chi connectivity index (χ4n) is 2.54. The van der Waals surface area contributed by atoms with Crippen LogP contribution in [-0.2, 0) is 10.8 Å². The van der Waals surface area contributed by atoms with Crippen molar-refractivity contribution in [3.63, 3.8) is 0 Å². The van der Waals surface area contributed by atoms with Gasteiger partial charge in [0.25, 0.3) is 0 Å². The number of rotatable bonds is 1. The Morgan fingerprint density at radius 2 is 1.41 bits per heavy atom. The Kier molecular flexibility index (Phi) is 4.08. The molecule has 0 aromatic heterocycles. The molecule has 0 unspecified atom stereocenters. The first-order chi connectivity index (χ1) is 10.00. The van der Waals surface area contributed by atoms with Gasteiger partial charge in [-0.3, -0.25) is 0 Å². The number of halogens is 1. The van der Waals surface area contributed by atoms with Crippen LogP contribution in [0.15, 0.2) is 30.3 Å². The molecule has 1 N–H and O–H groups in total. The van der Waals surface area contributed by atoms with E-state index in [2.05, 4.69) is 47.6 Å². The van der Waals surface area contributed by atoms with E-state index in [-0.39, 0.29) is 16.6 Å². The first-order valence-electron chi connectivity index (χ1n) is 7.56. The van der Waals surface area contributed by atoms with E-state index in [4.69, 9.17) is 0 Å². The molecule has 2 heteroatoms. The molecule has 0 aliphatic heterocycles. The van der Waals surface area contributed by atoms with E-state index in [1.807, 2.05) is 12.1 Å². The predicted molar refractivity (Wildman–Crippen MR) is 89.7 cm³/mol. The number of aromatic hydroxyl groups is 1. The molecule has 0 saturated carbocycles. The monoisotopic (exact) mass is 299 g/mol. The van der Waals surface area contributed by atoms with Crippen LogP contribution in [0.25, 0.3) is 11.1 Å². The van der Waals surface area contributed by atoms with Gasteiger partial charge in [0.1, 0.15) is 11.6 Å². The normalized spacial score (nSPS) is 12.5. The Balaban J connectivity index is 2.76. The number of benzene rings is 2. The first kappa shape index (κ1) is 16.5. The van der Waals surface area contributed by atoms with Crippen LogP contribution in [0.1, 0.15) is 52.7 Å². The molecule has 0 aliphatic carbocycles. The lowest BCUT2D eigenvalue weighted by molar-refractivity contribution is 0.423. The summed E-state index contributed by atoms with van der Waals surface area (Å²) < 4.78 is 13.5. The maximum Gasteiger partial charge on any atom is 0.123 e. The molecule has 0 saturated heterocycles. The summed E-state index contributed by atoms with van der Waals surface area (Å²) in [6.45, 7) is 12.4. The van der Waals surface area contributed by atoms with Crippen LogP contribution in [0.4, 0.5) is 4.39 Å². The Hall–Kier alpha value is -1.83. The molecule has 2 aromatic rings. The van der Waals surface area contributed by atoms with Crippen LogP contribution < -0.4 is 0 Å². The predicted octanol–water partition coefficient (Wildman–Crippen LogP) is 5.59. The van der Waals surface area contributed by atoms with Crippen molar-refractivity contribution in [2.24, 2.45) is 0 Å². The molecule has 0 aliphatic rings. The highest BCUT2D eigenvalue weighted by molar-refractivity contribution is 5.68. The van der Waals surface area contributed by atoms with E-state index < -0.39 is 0 Å². The minimum absolute atomic E-state index is 0.201. The lowest BCUT2D eigenvalue weighted by Crippen LogP contribution is -2.17. The minimum atomic E-state index is -0.281. The van der Waals surface area contributed by atoms with Gasteiger partial charge >= 0.3 is 0 Å². The maximum atomic E-state index is 13.5. The highest BCUT2D eigenvalue weighted by atomic mass is 19.1. The molecule has 0 fully saturated rings. The van der Waals surface area contributed by atoms with Crippen LogP contribution in [0.2, 0.25) is 0 Å². The average molecular weight is 299 g/mol. The van der Waals surface area contributed by atoms with Crippen molar-refractivity contribution in [2.75, 3.05) is 0 Å². The van der Waals surface area contributed by atoms with Crippen molar-refractivity contribution in [3.05, 3.63) is 53.3 Å². The molecule has 1 radical (unpaired) electrons. The number of phenolic OH excluding ortho intramolecular Hbond substituents is 1. The summed E-state index contributed by atoms with van der Waals surface area (Å²) in [6.07, 6.45) is 0. The SMILES string of the molecule is CC(C)(C)c1cc(-c2[c]ccc(F)c2)cc(C(C)(C)C)c1O. The molecule has 0 amide bonds. The smallest absolute Gasteiger partial charge is 0.123 e. The fraction of sp³-hybridized carbons (Fsp3) is 0.400. The van der Waals surface area contributed by atoms with Gasteiger partial charge < -0.3 is 5.11 Å². The molecule has 117 valence electrons. The highest BCUT2D eigenvalue weighted by Crippen LogP contribution is 2.41. The second-order valence-corrected chi connectivity index (χ2v) is 7.84. The second-order valence-electron chi connectivity index (χ2n) is 7.84. The van der Waals surface area contributed by atoms with Crippen LogP contribution in [0.5, 0.6) is 5.75 Å². The zero-order valence-corrected chi connectivity index (χ0v) is 14.2. The van der Waals surface area contributed by atoms with Gasteiger partial charge in [-0.2, -0.15) is 0 Å². The second kappa shape index (κ2) is 5.42. The summed E-state index contributed by atoms with van der Waals surface area (Å²) in [5, 5.41) is 10.7. The van der Waals surface area contributed by atoms with Crippen LogP contribution in [0, 0.1) is 11.9 Å². The molecule has 0 heterocycles. The quantitative estimate of drug-likeness (QED) is 0.727. The topological polar surface area (TPSA) is 20.2 Å². The van der Waals surface area contributed by atoms with E-state index in [1.165, 1.54) is 12.1 Å². The van der Waals surface area contributed by atoms with Crippen LogP contribution >= 0.6 is 0 Å². The van der Waals surface area contributed by atoms with Crippen molar-refractivity contribution < 1.29 is 9.50 Å². The summed E-state index contributed by atoms with van der Waals surface area (Å²) in [4.78, 5) is 0. The molecule has 0 bridgehead atoms. The maximum absolute atomic E-state index is 13.5. The summed E-state index contributed by atoms with van der Waals surface area (Å²) in [6, 6.07) is 11.4. The average Bonchev–Trinajstić information content (AvgIpc) is 2.36. The van der Waals surface area contributed by atoms with Gasteiger partial charge in [-0.1, -0.05) is 47.6 Å². The number of phenols is 1. The highest BCUT2D eigenvalue weighted by Gasteiger charge is 2.26. The van der Waals surface area contributed by atoms with E-state index in [9.17, 15) is 9.50 Å². The van der Waals surface area contributed by atoms with Crippen molar-refractivity contribution in [1.82, 2.24) is 0 Å². The Morgan fingerprint density at radius 3 is 1.82 bits per heavy atom.